The average molecular weight is 301 g/mol. The number of benzene rings is 3. The van der Waals surface area contributed by atoms with E-state index in [0.29, 0.717) is 0 Å². The maximum atomic E-state index is 6.60. The van der Waals surface area contributed by atoms with E-state index in [2.05, 4.69) is 66.0 Å². The van der Waals surface area contributed by atoms with Gasteiger partial charge in [-0.2, -0.15) is 0 Å². The molecule has 1 heterocycles. The minimum absolute atomic E-state index is 0.100. The van der Waals surface area contributed by atoms with Crippen LogP contribution in [0.3, 0.4) is 0 Å². The van der Waals surface area contributed by atoms with Gasteiger partial charge in [-0.05, 0) is 16.7 Å². The van der Waals surface area contributed by atoms with E-state index in [4.69, 9.17) is 4.74 Å². The molecule has 23 heavy (non-hydrogen) atoms. The quantitative estimate of drug-likeness (QED) is 0.781. The SMILES string of the molecule is c1ccc(C2NCC(c3ccccc3)(c3ccccc3)O2)cc1. The van der Waals surface area contributed by atoms with E-state index in [9.17, 15) is 0 Å². The number of hydrogen-bond donors (Lipinski definition) is 1. The molecule has 1 atom stereocenters. The van der Waals surface area contributed by atoms with Gasteiger partial charge in [-0.15, -0.1) is 0 Å². The molecule has 0 aliphatic carbocycles. The molecule has 0 bridgehead atoms. The molecule has 0 spiro atoms. The molecule has 2 nitrogen and oxygen atoms in total. The Hall–Kier alpha value is -2.42. The van der Waals surface area contributed by atoms with Gasteiger partial charge in [0.1, 0.15) is 11.8 Å². The van der Waals surface area contributed by atoms with Crippen LogP contribution in [0, 0.1) is 0 Å². The molecule has 1 N–H and O–H groups in total. The van der Waals surface area contributed by atoms with Crippen LogP contribution in [0.1, 0.15) is 22.9 Å². The lowest BCUT2D eigenvalue weighted by Crippen LogP contribution is -2.31. The Morgan fingerprint density at radius 2 is 1.17 bits per heavy atom. The molecular weight excluding hydrogens is 282 g/mol. The van der Waals surface area contributed by atoms with Gasteiger partial charge in [0, 0.05) is 6.54 Å². The van der Waals surface area contributed by atoms with E-state index in [1.807, 2.05) is 30.3 Å². The zero-order valence-corrected chi connectivity index (χ0v) is 12.9. The monoisotopic (exact) mass is 301 g/mol. The van der Waals surface area contributed by atoms with Gasteiger partial charge in [0.15, 0.2) is 0 Å². The molecule has 0 aromatic heterocycles. The van der Waals surface area contributed by atoms with Crippen molar-refractivity contribution in [1.82, 2.24) is 5.32 Å². The van der Waals surface area contributed by atoms with Crippen molar-refractivity contribution in [1.29, 1.82) is 0 Å². The normalized spacial score (nSPS) is 19.6. The molecule has 1 unspecified atom stereocenters. The van der Waals surface area contributed by atoms with Crippen molar-refractivity contribution < 1.29 is 4.74 Å². The van der Waals surface area contributed by atoms with E-state index in [1.54, 1.807) is 0 Å². The van der Waals surface area contributed by atoms with Crippen LogP contribution < -0.4 is 5.32 Å². The molecule has 3 aromatic carbocycles. The summed E-state index contributed by atoms with van der Waals surface area (Å²) < 4.78 is 6.60. The fraction of sp³-hybridized carbons (Fsp3) is 0.143. The third kappa shape index (κ3) is 2.56. The summed E-state index contributed by atoms with van der Waals surface area (Å²) in [7, 11) is 0. The number of rotatable bonds is 3. The lowest BCUT2D eigenvalue weighted by molar-refractivity contribution is -0.0169. The molecule has 1 saturated heterocycles. The second kappa shape index (κ2) is 5.99. The van der Waals surface area contributed by atoms with Gasteiger partial charge in [0.2, 0.25) is 0 Å². The standard InChI is InChI=1S/C21H19NO/c1-4-10-17(11-5-1)20-22-16-21(23-20,18-12-6-2-7-13-18)19-14-8-3-9-15-19/h1-15,20,22H,16H2. The summed E-state index contributed by atoms with van der Waals surface area (Å²) in [6, 6.07) is 31.2. The second-order valence-corrected chi connectivity index (χ2v) is 5.85. The Kier molecular flexibility index (Phi) is 3.70. The lowest BCUT2D eigenvalue weighted by atomic mass is 9.86. The van der Waals surface area contributed by atoms with Crippen molar-refractivity contribution in [3.05, 3.63) is 108 Å². The smallest absolute Gasteiger partial charge is 0.136 e. The van der Waals surface area contributed by atoms with E-state index < -0.39 is 5.60 Å². The Balaban J connectivity index is 1.77. The molecule has 3 aromatic rings. The lowest BCUT2D eigenvalue weighted by Gasteiger charge is -2.29. The van der Waals surface area contributed by atoms with Gasteiger partial charge >= 0.3 is 0 Å². The van der Waals surface area contributed by atoms with Gasteiger partial charge in [-0.25, -0.2) is 0 Å². The first kappa shape index (κ1) is 14.2. The Morgan fingerprint density at radius 3 is 1.70 bits per heavy atom. The van der Waals surface area contributed by atoms with E-state index in [-0.39, 0.29) is 6.23 Å². The van der Waals surface area contributed by atoms with Crippen molar-refractivity contribution in [3.8, 4) is 0 Å². The predicted octanol–water partition coefficient (Wildman–Crippen LogP) is 4.25. The highest BCUT2D eigenvalue weighted by atomic mass is 16.5. The van der Waals surface area contributed by atoms with Crippen molar-refractivity contribution in [2.24, 2.45) is 0 Å². The summed E-state index contributed by atoms with van der Waals surface area (Å²) in [6.45, 7) is 0.751. The maximum absolute atomic E-state index is 6.60. The number of nitrogens with one attached hydrogen (secondary N) is 1. The maximum Gasteiger partial charge on any atom is 0.136 e. The fourth-order valence-electron chi connectivity index (χ4n) is 3.26. The summed E-state index contributed by atoms with van der Waals surface area (Å²) >= 11 is 0. The Morgan fingerprint density at radius 1 is 0.696 bits per heavy atom. The van der Waals surface area contributed by atoms with Crippen LogP contribution in [0.15, 0.2) is 91.0 Å². The molecule has 0 amide bonds. The fourth-order valence-corrected chi connectivity index (χ4v) is 3.26. The van der Waals surface area contributed by atoms with Crippen LogP contribution in [0.2, 0.25) is 0 Å². The van der Waals surface area contributed by atoms with Gasteiger partial charge in [0.05, 0.1) is 0 Å². The minimum Gasteiger partial charge on any atom is -0.342 e. The van der Waals surface area contributed by atoms with Crippen molar-refractivity contribution in [3.63, 3.8) is 0 Å². The first-order valence-corrected chi connectivity index (χ1v) is 7.96. The Bertz CT molecular complexity index is 716. The van der Waals surface area contributed by atoms with Gasteiger partial charge in [0.25, 0.3) is 0 Å². The van der Waals surface area contributed by atoms with E-state index in [1.165, 1.54) is 11.1 Å². The first-order valence-electron chi connectivity index (χ1n) is 7.96. The summed E-state index contributed by atoms with van der Waals surface area (Å²) in [6.07, 6.45) is -0.100. The van der Waals surface area contributed by atoms with Gasteiger partial charge in [-0.3, -0.25) is 5.32 Å². The van der Waals surface area contributed by atoms with Crippen LogP contribution in [0.4, 0.5) is 0 Å². The molecule has 1 aliphatic rings. The molecule has 1 aliphatic heterocycles. The minimum atomic E-state index is -0.455. The largest absolute Gasteiger partial charge is 0.342 e. The zero-order valence-electron chi connectivity index (χ0n) is 12.9. The highest BCUT2D eigenvalue weighted by Crippen LogP contribution is 2.41. The number of hydrogen-bond acceptors (Lipinski definition) is 2. The van der Waals surface area contributed by atoms with E-state index >= 15 is 0 Å². The predicted molar refractivity (Wildman–Crippen MR) is 91.9 cm³/mol. The summed E-state index contributed by atoms with van der Waals surface area (Å²) in [4.78, 5) is 0. The third-order valence-electron chi connectivity index (χ3n) is 4.44. The molecular formula is C21H19NO. The van der Waals surface area contributed by atoms with Gasteiger partial charge in [-0.1, -0.05) is 91.0 Å². The van der Waals surface area contributed by atoms with Crippen molar-refractivity contribution in [2.75, 3.05) is 6.54 Å². The van der Waals surface area contributed by atoms with Crippen molar-refractivity contribution in [2.45, 2.75) is 11.8 Å². The summed E-state index contributed by atoms with van der Waals surface area (Å²) in [5, 5.41) is 3.54. The average Bonchev–Trinajstić information content (AvgIpc) is 3.11. The van der Waals surface area contributed by atoms with Crippen LogP contribution in [0.5, 0.6) is 0 Å². The first-order chi connectivity index (χ1) is 11.4. The molecule has 1 fully saturated rings. The third-order valence-corrected chi connectivity index (χ3v) is 4.44. The van der Waals surface area contributed by atoms with Crippen LogP contribution in [-0.2, 0) is 10.3 Å². The van der Waals surface area contributed by atoms with Crippen LogP contribution in [-0.4, -0.2) is 6.54 Å². The summed E-state index contributed by atoms with van der Waals surface area (Å²) in [5.41, 5.74) is 3.05. The van der Waals surface area contributed by atoms with E-state index in [0.717, 1.165) is 12.1 Å². The Labute approximate surface area is 136 Å². The highest BCUT2D eigenvalue weighted by Gasteiger charge is 2.43. The highest BCUT2D eigenvalue weighted by molar-refractivity contribution is 5.38. The summed E-state index contributed by atoms with van der Waals surface area (Å²) in [5.74, 6) is 0. The molecule has 0 radical (unpaired) electrons. The molecule has 114 valence electrons. The van der Waals surface area contributed by atoms with Crippen LogP contribution in [0.25, 0.3) is 0 Å². The topological polar surface area (TPSA) is 21.3 Å². The van der Waals surface area contributed by atoms with Crippen molar-refractivity contribution >= 4 is 0 Å². The molecule has 0 saturated carbocycles. The zero-order chi connectivity index (χ0) is 15.5. The second-order valence-electron chi connectivity index (χ2n) is 5.85. The van der Waals surface area contributed by atoms with Crippen LogP contribution >= 0.6 is 0 Å². The molecule has 4 rings (SSSR count). The molecule has 2 heteroatoms. The van der Waals surface area contributed by atoms with Gasteiger partial charge < -0.3 is 4.74 Å². The number of ether oxygens (including phenoxy) is 1.